The third-order valence-corrected chi connectivity index (χ3v) is 5.33. The molecule has 8 heteroatoms. The first-order valence-electron chi connectivity index (χ1n) is 9.51. The number of aromatic nitrogens is 1. The maximum Gasteiger partial charge on any atom is 0.289 e. The molecule has 0 unspecified atom stereocenters. The molecule has 0 atom stereocenters. The number of piperidine rings is 1. The Bertz CT molecular complexity index is 1050. The van der Waals surface area contributed by atoms with E-state index < -0.39 is 0 Å². The maximum atomic E-state index is 12.5. The Balaban J connectivity index is 1.31. The molecule has 1 aromatic carbocycles. The first-order valence-corrected chi connectivity index (χ1v) is 9.51. The van der Waals surface area contributed by atoms with Gasteiger partial charge in [0.1, 0.15) is 0 Å². The van der Waals surface area contributed by atoms with Gasteiger partial charge in [-0.25, -0.2) is 0 Å². The Kier molecular flexibility index (Phi) is 5.07. The summed E-state index contributed by atoms with van der Waals surface area (Å²) in [6, 6.07) is 10.9. The zero-order chi connectivity index (χ0) is 20.4. The van der Waals surface area contributed by atoms with E-state index in [4.69, 9.17) is 4.42 Å². The molecule has 0 bridgehead atoms. The zero-order valence-electron chi connectivity index (χ0n) is 16.1. The summed E-state index contributed by atoms with van der Waals surface area (Å²) in [6.07, 6.45) is 4.27. The molecular weight excluding hydrogens is 372 g/mol. The number of nitrogens with zero attached hydrogens (tertiary/aromatic N) is 2. The lowest BCUT2D eigenvalue weighted by atomic mass is 9.96. The second-order valence-corrected chi connectivity index (χ2v) is 7.16. The van der Waals surface area contributed by atoms with E-state index in [2.05, 4.69) is 10.9 Å². The summed E-state index contributed by atoms with van der Waals surface area (Å²) in [6.45, 7) is 0.934. The van der Waals surface area contributed by atoms with E-state index in [0.717, 1.165) is 10.9 Å². The number of carbonyl (C=O) groups excluding carboxylic acids is 3. The highest BCUT2D eigenvalue weighted by Gasteiger charge is 2.29. The molecule has 4 rings (SSSR count). The molecule has 0 spiro atoms. The molecule has 150 valence electrons. The van der Waals surface area contributed by atoms with E-state index in [1.54, 1.807) is 23.2 Å². The molecule has 2 aromatic heterocycles. The summed E-state index contributed by atoms with van der Waals surface area (Å²) < 4.78 is 7.02. The smallest absolute Gasteiger partial charge is 0.289 e. The molecule has 2 N–H and O–H groups in total. The van der Waals surface area contributed by atoms with Crippen LogP contribution >= 0.6 is 0 Å². The number of rotatable bonds is 3. The van der Waals surface area contributed by atoms with Gasteiger partial charge in [-0.3, -0.25) is 25.2 Å². The van der Waals surface area contributed by atoms with Gasteiger partial charge >= 0.3 is 0 Å². The van der Waals surface area contributed by atoms with Crippen LogP contribution in [0.1, 0.15) is 33.8 Å². The first-order chi connectivity index (χ1) is 14.0. The van der Waals surface area contributed by atoms with Gasteiger partial charge in [-0.05, 0) is 31.0 Å². The van der Waals surface area contributed by atoms with Crippen molar-refractivity contribution in [3.8, 4) is 0 Å². The van der Waals surface area contributed by atoms with Gasteiger partial charge in [0.2, 0.25) is 5.91 Å². The van der Waals surface area contributed by atoms with Gasteiger partial charge in [-0.15, -0.1) is 0 Å². The fourth-order valence-corrected chi connectivity index (χ4v) is 3.71. The van der Waals surface area contributed by atoms with Crippen molar-refractivity contribution in [3.05, 3.63) is 60.2 Å². The number of benzene rings is 1. The summed E-state index contributed by atoms with van der Waals surface area (Å²) >= 11 is 0. The lowest BCUT2D eigenvalue weighted by molar-refractivity contribution is -0.127. The molecule has 1 aliphatic heterocycles. The van der Waals surface area contributed by atoms with Crippen LogP contribution in [0, 0.1) is 5.92 Å². The Morgan fingerprint density at radius 1 is 1.03 bits per heavy atom. The number of nitrogens with one attached hydrogen (secondary N) is 2. The van der Waals surface area contributed by atoms with Crippen LogP contribution in [-0.4, -0.2) is 40.3 Å². The SMILES string of the molecule is Cn1cc(C(=O)NNC(=O)C2CCN(C(=O)c3ccco3)CC2)c2ccccc21. The van der Waals surface area contributed by atoms with E-state index >= 15 is 0 Å². The number of amides is 3. The first kappa shape index (κ1) is 18.8. The molecular formula is C21H22N4O4. The van der Waals surface area contributed by atoms with Crippen molar-refractivity contribution in [2.75, 3.05) is 13.1 Å². The van der Waals surface area contributed by atoms with Crippen LogP contribution < -0.4 is 10.9 Å². The molecule has 3 amide bonds. The monoisotopic (exact) mass is 394 g/mol. The number of aryl methyl sites for hydroxylation is 1. The summed E-state index contributed by atoms with van der Waals surface area (Å²) in [7, 11) is 1.87. The Morgan fingerprint density at radius 2 is 1.79 bits per heavy atom. The van der Waals surface area contributed by atoms with E-state index in [1.807, 2.05) is 35.9 Å². The normalized spacial score (nSPS) is 14.7. The molecule has 3 heterocycles. The highest BCUT2D eigenvalue weighted by molar-refractivity contribution is 6.07. The van der Waals surface area contributed by atoms with Crippen molar-refractivity contribution in [3.63, 3.8) is 0 Å². The molecule has 1 aliphatic rings. The number of likely N-dealkylation sites (tertiary alicyclic amines) is 1. The number of para-hydroxylation sites is 1. The average Bonchev–Trinajstić information content (AvgIpc) is 3.40. The molecule has 8 nitrogen and oxygen atoms in total. The lowest BCUT2D eigenvalue weighted by Gasteiger charge is -2.30. The van der Waals surface area contributed by atoms with Crippen molar-refractivity contribution < 1.29 is 18.8 Å². The Labute approximate surface area is 167 Å². The highest BCUT2D eigenvalue weighted by Crippen LogP contribution is 2.21. The second-order valence-electron chi connectivity index (χ2n) is 7.16. The zero-order valence-corrected chi connectivity index (χ0v) is 16.1. The van der Waals surface area contributed by atoms with Crippen LogP contribution in [0.3, 0.4) is 0 Å². The van der Waals surface area contributed by atoms with E-state index in [0.29, 0.717) is 37.3 Å². The standard InChI is InChI=1S/C21H22N4O4/c1-24-13-16(15-5-2-3-6-17(15)24)20(27)23-22-19(26)14-8-10-25(11-9-14)21(28)18-7-4-12-29-18/h2-7,12-14H,8-11H2,1H3,(H,22,26)(H,23,27). The van der Waals surface area contributed by atoms with Crippen LogP contribution in [-0.2, 0) is 11.8 Å². The third-order valence-electron chi connectivity index (χ3n) is 5.33. The number of fused-ring (bicyclic) bond motifs is 1. The number of hydrogen-bond acceptors (Lipinski definition) is 4. The molecule has 0 saturated carbocycles. The molecule has 3 aromatic rings. The fourth-order valence-electron chi connectivity index (χ4n) is 3.71. The number of carbonyl (C=O) groups is 3. The van der Waals surface area contributed by atoms with Gasteiger partial charge in [-0.1, -0.05) is 18.2 Å². The fraction of sp³-hybridized carbons (Fsp3) is 0.286. The predicted molar refractivity (Wildman–Crippen MR) is 106 cm³/mol. The van der Waals surface area contributed by atoms with Crippen molar-refractivity contribution in [1.82, 2.24) is 20.3 Å². The van der Waals surface area contributed by atoms with Gasteiger partial charge in [0, 0.05) is 43.2 Å². The Hall–Kier alpha value is -3.55. The maximum absolute atomic E-state index is 12.5. The Morgan fingerprint density at radius 3 is 2.52 bits per heavy atom. The van der Waals surface area contributed by atoms with Crippen molar-refractivity contribution >= 4 is 28.6 Å². The minimum Gasteiger partial charge on any atom is -0.459 e. The van der Waals surface area contributed by atoms with Crippen LogP contribution in [0.15, 0.2) is 53.3 Å². The van der Waals surface area contributed by atoms with Gasteiger partial charge in [0.05, 0.1) is 11.8 Å². The average molecular weight is 394 g/mol. The predicted octanol–water partition coefficient (Wildman–Crippen LogP) is 2.08. The minimum absolute atomic E-state index is 0.168. The lowest BCUT2D eigenvalue weighted by Crippen LogP contribution is -2.48. The van der Waals surface area contributed by atoms with Crippen LogP contribution in [0.25, 0.3) is 10.9 Å². The van der Waals surface area contributed by atoms with Crippen molar-refractivity contribution in [1.29, 1.82) is 0 Å². The summed E-state index contributed by atoms with van der Waals surface area (Å²) in [5, 5.41) is 0.825. The second kappa shape index (κ2) is 7.83. The van der Waals surface area contributed by atoms with E-state index in [1.165, 1.54) is 6.26 Å². The minimum atomic E-state index is -0.361. The number of hydrogen-bond donors (Lipinski definition) is 2. The molecule has 29 heavy (non-hydrogen) atoms. The van der Waals surface area contributed by atoms with Crippen LogP contribution in [0.2, 0.25) is 0 Å². The number of furan rings is 1. The molecule has 0 aliphatic carbocycles. The summed E-state index contributed by atoms with van der Waals surface area (Å²) in [5.41, 5.74) is 6.48. The van der Waals surface area contributed by atoms with E-state index in [-0.39, 0.29) is 23.6 Å². The van der Waals surface area contributed by atoms with Crippen molar-refractivity contribution in [2.24, 2.45) is 13.0 Å². The molecule has 1 saturated heterocycles. The molecule has 1 fully saturated rings. The topological polar surface area (TPSA) is 96.6 Å². The number of hydrazine groups is 1. The third kappa shape index (κ3) is 3.73. The van der Waals surface area contributed by atoms with Crippen LogP contribution in [0.5, 0.6) is 0 Å². The molecule has 0 radical (unpaired) electrons. The van der Waals surface area contributed by atoms with Gasteiger partial charge in [0.25, 0.3) is 11.8 Å². The van der Waals surface area contributed by atoms with Gasteiger partial charge < -0.3 is 13.9 Å². The van der Waals surface area contributed by atoms with Gasteiger partial charge in [0.15, 0.2) is 5.76 Å². The van der Waals surface area contributed by atoms with E-state index in [9.17, 15) is 14.4 Å². The highest BCUT2D eigenvalue weighted by atomic mass is 16.3. The van der Waals surface area contributed by atoms with Gasteiger partial charge in [-0.2, -0.15) is 0 Å². The van der Waals surface area contributed by atoms with Crippen LogP contribution in [0.4, 0.5) is 0 Å². The van der Waals surface area contributed by atoms with Crippen molar-refractivity contribution in [2.45, 2.75) is 12.8 Å². The summed E-state index contributed by atoms with van der Waals surface area (Å²) in [4.78, 5) is 39.0. The quantitative estimate of drug-likeness (QED) is 0.665. The summed E-state index contributed by atoms with van der Waals surface area (Å²) in [5.74, 6) is -0.735. The largest absolute Gasteiger partial charge is 0.459 e.